The number of nitrogens with zero attached hydrogens (tertiary/aromatic N) is 1. The molecule has 178 valence electrons. The minimum absolute atomic E-state index is 0.0165. The van der Waals surface area contributed by atoms with Crippen LogP contribution >= 0.6 is 0 Å². The molecule has 0 fully saturated rings. The number of para-hydroxylation sites is 1. The molecule has 2 N–H and O–H groups in total. The van der Waals surface area contributed by atoms with Gasteiger partial charge in [0.1, 0.15) is 24.8 Å². The van der Waals surface area contributed by atoms with Gasteiger partial charge >= 0.3 is 12.1 Å². The number of carboxylic acids is 1. The van der Waals surface area contributed by atoms with Gasteiger partial charge in [0, 0.05) is 5.92 Å². The van der Waals surface area contributed by atoms with Crippen molar-refractivity contribution in [2.75, 3.05) is 24.7 Å². The Hall–Kier alpha value is -4.33. The zero-order valence-corrected chi connectivity index (χ0v) is 19.1. The smallest absolute Gasteiger partial charge is 0.407 e. The highest BCUT2D eigenvalue weighted by molar-refractivity contribution is 6.02. The second-order valence-corrected chi connectivity index (χ2v) is 8.49. The Morgan fingerprint density at radius 1 is 1.03 bits per heavy atom. The number of hydrogen-bond donors (Lipinski definition) is 2. The van der Waals surface area contributed by atoms with Crippen LogP contribution in [-0.4, -0.2) is 48.9 Å². The van der Waals surface area contributed by atoms with Crippen LogP contribution < -0.4 is 15.0 Å². The number of benzene rings is 3. The number of aromatic carboxylic acids is 1. The van der Waals surface area contributed by atoms with Crippen LogP contribution in [0.5, 0.6) is 5.75 Å². The van der Waals surface area contributed by atoms with Gasteiger partial charge in [0.15, 0.2) is 5.75 Å². The van der Waals surface area contributed by atoms with Crippen molar-refractivity contribution >= 4 is 23.7 Å². The number of nitrogens with one attached hydrogen (secondary N) is 1. The van der Waals surface area contributed by atoms with E-state index >= 15 is 0 Å². The van der Waals surface area contributed by atoms with E-state index in [9.17, 15) is 19.5 Å². The van der Waals surface area contributed by atoms with Crippen molar-refractivity contribution in [1.82, 2.24) is 5.32 Å². The van der Waals surface area contributed by atoms with Crippen molar-refractivity contribution in [3.05, 3.63) is 83.4 Å². The quantitative estimate of drug-likeness (QED) is 0.581. The van der Waals surface area contributed by atoms with Crippen LogP contribution in [0, 0.1) is 0 Å². The average Bonchev–Trinajstić information content (AvgIpc) is 3.20. The maximum absolute atomic E-state index is 13.1. The van der Waals surface area contributed by atoms with Crippen molar-refractivity contribution in [1.29, 1.82) is 0 Å². The fourth-order valence-corrected chi connectivity index (χ4v) is 4.76. The summed E-state index contributed by atoms with van der Waals surface area (Å²) in [5, 5.41) is 12.0. The van der Waals surface area contributed by atoms with Crippen LogP contribution in [0.1, 0.15) is 34.3 Å². The van der Waals surface area contributed by atoms with E-state index in [4.69, 9.17) is 9.47 Å². The second-order valence-electron chi connectivity index (χ2n) is 8.49. The molecular formula is C27H24N2O6. The third-order valence-electron chi connectivity index (χ3n) is 6.39. The van der Waals surface area contributed by atoms with Crippen molar-refractivity contribution < 1.29 is 29.0 Å². The molecule has 0 spiro atoms. The average molecular weight is 472 g/mol. The van der Waals surface area contributed by atoms with E-state index in [1.165, 1.54) is 11.0 Å². The SMILES string of the molecule is CC(NC(=O)OCC1c2ccccc2-c2ccccc21)C(=O)N1CCOc2c(C(=O)O)cccc21. The highest BCUT2D eigenvalue weighted by Crippen LogP contribution is 2.44. The van der Waals surface area contributed by atoms with E-state index in [-0.39, 0.29) is 42.9 Å². The van der Waals surface area contributed by atoms with E-state index in [1.54, 1.807) is 19.1 Å². The first kappa shape index (κ1) is 22.5. The molecule has 1 unspecified atom stereocenters. The third kappa shape index (κ3) is 4.07. The van der Waals surface area contributed by atoms with Gasteiger partial charge in [-0.2, -0.15) is 0 Å². The second kappa shape index (κ2) is 9.13. The zero-order valence-electron chi connectivity index (χ0n) is 19.1. The largest absolute Gasteiger partial charge is 0.489 e. The molecule has 1 atom stereocenters. The molecule has 3 aromatic carbocycles. The predicted octanol–water partition coefficient (Wildman–Crippen LogP) is 4.04. The molecule has 2 amide bonds. The molecule has 1 aliphatic heterocycles. The van der Waals surface area contributed by atoms with Crippen LogP contribution in [0.25, 0.3) is 11.1 Å². The lowest BCUT2D eigenvalue weighted by Gasteiger charge is -2.32. The van der Waals surface area contributed by atoms with Gasteiger partial charge in [-0.1, -0.05) is 54.6 Å². The first-order valence-electron chi connectivity index (χ1n) is 11.4. The summed E-state index contributed by atoms with van der Waals surface area (Å²) in [4.78, 5) is 38.7. The minimum Gasteiger partial charge on any atom is -0.489 e. The molecule has 0 saturated carbocycles. The lowest BCUT2D eigenvalue weighted by molar-refractivity contribution is -0.120. The standard InChI is InChI=1S/C27H24N2O6/c1-16(25(30)29-13-14-34-24-21(26(31)32)11-6-12-23(24)29)28-27(33)35-15-22-19-9-4-2-7-17(19)18-8-3-5-10-20(18)22/h2-12,16,22H,13-15H2,1H3,(H,28,33)(H,31,32). The number of carbonyl (C=O) groups excluding carboxylic acids is 2. The maximum Gasteiger partial charge on any atom is 0.407 e. The van der Waals surface area contributed by atoms with Gasteiger partial charge in [-0.25, -0.2) is 9.59 Å². The molecule has 1 aliphatic carbocycles. The number of rotatable bonds is 5. The predicted molar refractivity (Wildman–Crippen MR) is 129 cm³/mol. The van der Waals surface area contributed by atoms with E-state index in [1.807, 2.05) is 36.4 Å². The topological polar surface area (TPSA) is 105 Å². The molecule has 0 saturated heterocycles. The van der Waals surface area contributed by atoms with Crippen molar-refractivity contribution in [3.8, 4) is 16.9 Å². The van der Waals surface area contributed by atoms with Crippen molar-refractivity contribution in [2.24, 2.45) is 0 Å². The summed E-state index contributed by atoms with van der Waals surface area (Å²) in [5.74, 6) is -1.46. The number of hydrogen-bond acceptors (Lipinski definition) is 5. The summed E-state index contributed by atoms with van der Waals surface area (Å²) in [6, 6.07) is 19.8. The van der Waals surface area contributed by atoms with Gasteiger partial charge in [-0.3, -0.25) is 4.79 Å². The monoisotopic (exact) mass is 472 g/mol. The van der Waals surface area contributed by atoms with Crippen LogP contribution in [0.3, 0.4) is 0 Å². The van der Waals surface area contributed by atoms with Crippen LogP contribution in [-0.2, 0) is 9.53 Å². The van der Waals surface area contributed by atoms with E-state index in [0.717, 1.165) is 22.3 Å². The lowest BCUT2D eigenvalue weighted by Crippen LogP contribution is -2.49. The van der Waals surface area contributed by atoms with Gasteiger partial charge in [-0.05, 0) is 41.3 Å². The molecule has 35 heavy (non-hydrogen) atoms. The molecule has 5 rings (SSSR count). The number of anilines is 1. The van der Waals surface area contributed by atoms with Gasteiger partial charge in [0.05, 0.1) is 12.2 Å². The summed E-state index contributed by atoms with van der Waals surface area (Å²) >= 11 is 0. The van der Waals surface area contributed by atoms with Crippen molar-refractivity contribution in [3.63, 3.8) is 0 Å². The van der Waals surface area contributed by atoms with Crippen LogP contribution in [0.2, 0.25) is 0 Å². The molecule has 8 heteroatoms. The number of amides is 2. The molecule has 8 nitrogen and oxygen atoms in total. The normalized spacial score (nSPS) is 14.7. The number of ether oxygens (including phenoxy) is 2. The number of carboxylic acid groups (broad SMARTS) is 1. The minimum atomic E-state index is -1.14. The molecule has 0 bridgehead atoms. The summed E-state index contributed by atoms with van der Waals surface area (Å²) in [5.41, 5.74) is 4.81. The Bertz CT molecular complexity index is 1280. The van der Waals surface area contributed by atoms with Crippen LogP contribution in [0.4, 0.5) is 10.5 Å². The first-order valence-corrected chi connectivity index (χ1v) is 11.4. The molecule has 3 aromatic rings. The van der Waals surface area contributed by atoms with Gasteiger partial charge in [0.25, 0.3) is 0 Å². The molecule has 0 radical (unpaired) electrons. The van der Waals surface area contributed by atoms with Gasteiger partial charge in [-0.15, -0.1) is 0 Å². The molecule has 2 aliphatic rings. The number of carbonyl (C=O) groups is 3. The highest BCUT2D eigenvalue weighted by atomic mass is 16.5. The molecular weight excluding hydrogens is 448 g/mol. The van der Waals surface area contributed by atoms with Crippen LogP contribution in [0.15, 0.2) is 66.7 Å². The van der Waals surface area contributed by atoms with E-state index in [0.29, 0.717) is 5.69 Å². The van der Waals surface area contributed by atoms with Gasteiger partial charge < -0.3 is 24.8 Å². The Balaban J connectivity index is 1.26. The molecule has 0 aromatic heterocycles. The maximum atomic E-state index is 13.1. The Labute approximate surface area is 202 Å². The lowest BCUT2D eigenvalue weighted by atomic mass is 9.98. The first-order chi connectivity index (χ1) is 17.0. The number of fused-ring (bicyclic) bond motifs is 4. The summed E-state index contributed by atoms with van der Waals surface area (Å²) in [6.45, 7) is 2.11. The Morgan fingerprint density at radius 2 is 1.69 bits per heavy atom. The number of alkyl carbamates (subject to hydrolysis) is 1. The zero-order chi connectivity index (χ0) is 24.5. The fraction of sp³-hybridized carbons (Fsp3) is 0.222. The Morgan fingerprint density at radius 3 is 2.34 bits per heavy atom. The third-order valence-corrected chi connectivity index (χ3v) is 6.39. The highest BCUT2D eigenvalue weighted by Gasteiger charge is 2.32. The fourth-order valence-electron chi connectivity index (χ4n) is 4.76. The summed E-state index contributed by atoms with van der Waals surface area (Å²) < 4.78 is 11.1. The molecule has 1 heterocycles. The summed E-state index contributed by atoms with van der Waals surface area (Å²) in [6.07, 6.45) is -0.694. The van der Waals surface area contributed by atoms with E-state index in [2.05, 4.69) is 17.4 Å². The van der Waals surface area contributed by atoms with Crippen molar-refractivity contribution in [2.45, 2.75) is 18.9 Å². The van der Waals surface area contributed by atoms with E-state index < -0.39 is 18.1 Å². The van der Waals surface area contributed by atoms with Gasteiger partial charge in [0.2, 0.25) is 5.91 Å². The Kier molecular flexibility index (Phi) is 5.86. The summed E-state index contributed by atoms with van der Waals surface area (Å²) in [7, 11) is 0.